The van der Waals surface area contributed by atoms with Gasteiger partial charge in [0.1, 0.15) is 16.2 Å². The molecule has 2 aliphatic rings. The maximum atomic E-state index is 15.1. The van der Waals surface area contributed by atoms with Gasteiger partial charge < -0.3 is 25.1 Å². The lowest BCUT2D eigenvalue weighted by atomic mass is 10.1. The molecule has 0 atom stereocenters. The van der Waals surface area contributed by atoms with E-state index in [4.69, 9.17) is 14.9 Å². The van der Waals surface area contributed by atoms with Crippen molar-refractivity contribution in [3.63, 3.8) is 0 Å². The Kier molecular flexibility index (Phi) is 8.23. The molecule has 5 aromatic rings. The molecule has 0 saturated carbocycles. The van der Waals surface area contributed by atoms with Crippen LogP contribution in [-0.2, 0) is 11.3 Å². The number of fused-ring (bicyclic) bond motifs is 3. The Bertz CT molecular complexity index is 1870. The Morgan fingerprint density at radius 1 is 1.02 bits per heavy atom. The third-order valence-corrected chi connectivity index (χ3v) is 9.39. The summed E-state index contributed by atoms with van der Waals surface area (Å²) in [6.07, 6.45) is 1.58. The minimum Gasteiger partial charge on any atom is -0.463 e. The van der Waals surface area contributed by atoms with Crippen molar-refractivity contribution in [2.45, 2.75) is 6.54 Å². The second kappa shape index (κ2) is 12.6. The normalized spacial score (nSPS) is 16.6. The first kappa shape index (κ1) is 29.4. The van der Waals surface area contributed by atoms with E-state index in [1.165, 1.54) is 10.6 Å². The first-order valence-corrected chi connectivity index (χ1v) is 15.8. The van der Waals surface area contributed by atoms with Crippen molar-refractivity contribution >= 4 is 44.7 Å². The van der Waals surface area contributed by atoms with Crippen molar-refractivity contribution in [2.24, 2.45) is 0 Å². The number of benzene rings is 1. The van der Waals surface area contributed by atoms with E-state index in [0.717, 1.165) is 31.0 Å². The third-order valence-electron chi connectivity index (χ3n) is 8.40. The number of aromatic nitrogens is 4. The highest BCUT2D eigenvalue weighted by atomic mass is 32.1. The van der Waals surface area contributed by atoms with Gasteiger partial charge in [0.15, 0.2) is 11.4 Å². The van der Waals surface area contributed by atoms with Gasteiger partial charge >= 0.3 is 4.87 Å². The van der Waals surface area contributed by atoms with Crippen LogP contribution >= 0.6 is 11.3 Å². The van der Waals surface area contributed by atoms with Crippen molar-refractivity contribution in [1.82, 2.24) is 34.3 Å². The lowest BCUT2D eigenvalue weighted by Crippen LogP contribution is -2.47. The Morgan fingerprint density at radius 3 is 2.58 bits per heavy atom. The zero-order valence-electron chi connectivity index (χ0n) is 24.7. The molecule has 236 valence electrons. The molecule has 2 fully saturated rings. The first-order valence-electron chi connectivity index (χ1n) is 15.0. The summed E-state index contributed by atoms with van der Waals surface area (Å²) >= 11 is 1.12. The molecule has 6 heterocycles. The lowest BCUT2D eigenvalue weighted by Gasteiger charge is -2.36. The zero-order chi connectivity index (χ0) is 30.9. The molecule has 4 aromatic heterocycles. The number of nitrogen functional groups attached to an aromatic ring is 1. The topological polar surface area (TPSA) is 139 Å². The fourth-order valence-corrected chi connectivity index (χ4v) is 6.86. The van der Waals surface area contributed by atoms with Crippen LogP contribution < -0.4 is 20.8 Å². The van der Waals surface area contributed by atoms with E-state index in [-0.39, 0.29) is 16.7 Å². The van der Waals surface area contributed by atoms with Crippen LogP contribution in [0.1, 0.15) is 10.4 Å². The molecule has 0 bridgehead atoms. The van der Waals surface area contributed by atoms with Crippen LogP contribution in [0, 0.1) is 5.82 Å². The highest BCUT2D eigenvalue weighted by molar-refractivity contribution is 7.17. The van der Waals surface area contributed by atoms with Gasteiger partial charge in [-0.3, -0.25) is 24.0 Å². The Hall–Kier alpha value is -4.31. The fourth-order valence-electron chi connectivity index (χ4n) is 5.90. The van der Waals surface area contributed by atoms with Gasteiger partial charge in [0.25, 0.3) is 5.91 Å². The highest BCUT2D eigenvalue weighted by Crippen LogP contribution is 2.28. The number of hydrogen-bond acceptors (Lipinski definition) is 11. The summed E-state index contributed by atoms with van der Waals surface area (Å²) in [6.45, 7) is 8.10. The maximum absolute atomic E-state index is 15.1. The number of ether oxygens (including phenoxy) is 1. The van der Waals surface area contributed by atoms with Crippen LogP contribution in [0.5, 0.6) is 0 Å². The standard InChI is InChI=1S/C30H34FN9O4S/c31-21-18-20(28(41)33-5-6-36-13-16-43-17-14-36)3-4-23(21)38-10-7-37(8-11-38)9-12-39-27-26(45-30(39)42)24-19-22(25-2-1-15-44-25)35-40(24)29(32)34-27/h1-4,15,18-19H,5-14,16-17H2,(H2,32,34)(H,33,41). The van der Waals surface area contributed by atoms with Gasteiger partial charge in [-0.15, -0.1) is 0 Å². The third kappa shape index (κ3) is 6.03. The number of carbonyl (C=O) groups is 1. The summed E-state index contributed by atoms with van der Waals surface area (Å²) in [5.74, 6) is 0.103. The summed E-state index contributed by atoms with van der Waals surface area (Å²) in [5.41, 5.74) is 8.88. The summed E-state index contributed by atoms with van der Waals surface area (Å²) in [6, 6.07) is 10.1. The molecule has 0 radical (unpaired) electrons. The Morgan fingerprint density at radius 2 is 1.82 bits per heavy atom. The molecule has 1 aromatic carbocycles. The molecule has 3 N–H and O–H groups in total. The van der Waals surface area contributed by atoms with E-state index < -0.39 is 5.82 Å². The number of thiazole rings is 1. The first-order chi connectivity index (χ1) is 21.9. The number of nitrogens with one attached hydrogen (secondary N) is 1. The van der Waals surface area contributed by atoms with Crippen LogP contribution in [0.3, 0.4) is 0 Å². The molecule has 7 rings (SSSR count). The van der Waals surface area contributed by atoms with Gasteiger partial charge in [0, 0.05) is 71.0 Å². The molecule has 0 unspecified atom stereocenters. The quantitative estimate of drug-likeness (QED) is 0.247. The smallest absolute Gasteiger partial charge is 0.309 e. The molecular formula is C30H34FN9O4S. The summed E-state index contributed by atoms with van der Waals surface area (Å²) in [5, 5.41) is 7.39. The molecule has 45 heavy (non-hydrogen) atoms. The van der Waals surface area contributed by atoms with Crippen LogP contribution in [0.2, 0.25) is 0 Å². The van der Waals surface area contributed by atoms with Gasteiger partial charge in [-0.05, 0) is 36.4 Å². The average Bonchev–Trinajstić information content (AvgIpc) is 3.81. The number of piperazine rings is 1. The van der Waals surface area contributed by atoms with Crippen molar-refractivity contribution in [1.29, 1.82) is 0 Å². The highest BCUT2D eigenvalue weighted by Gasteiger charge is 2.23. The van der Waals surface area contributed by atoms with Crippen molar-refractivity contribution in [2.75, 3.05) is 82.8 Å². The molecule has 2 saturated heterocycles. The van der Waals surface area contributed by atoms with Crippen LogP contribution in [-0.4, -0.2) is 107 Å². The van der Waals surface area contributed by atoms with Crippen molar-refractivity contribution < 1.29 is 18.3 Å². The van der Waals surface area contributed by atoms with E-state index in [2.05, 4.69) is 25.2 Å². The summed E-state index contributed by atoms with van der Waals surface area (Å²) in [7, 11) is 0. The minimum atomic E-state index is -0.411. The van der Waals surface area contributed by atoms with E-state index >= 15 is 4.39 Å². The Labute approximate surface area is 261 Å². The largest absolute Gasteiger partial charge is 0.463 e. The second-order valence-corrected chi connectivity index (χ2v) is 12.1. The second-order valence-electron chi connectivity index (χ2n) is 11.2. The van der Waals surface area contributed by atoms with E-state index in [1.807, 2.05) is 17.0 Å². The number of halogens is 1. The predicted molar refractivity (Wildman–Crippen MR) is 169 cm³/mol. The van der Waals surface area contributed by atoms with Crippen LogP contribution in [0.25, 0.3) is 27.3 Å². The van der Waals surface area contributed by atoms with Crippen LogP contribution in [0.15, 0.2) is 51.9 Å². The van der Waals surface area contributed by atoms with Gasteiger partial charge in [-0.2, -0.15) is 14.6 Å². The van der Waals surface area contributed by atoms with E-state index in [1.54, 1.807) is 29.0 Å². The van der Waals surface area contributed by atoms with Gasteiger partial charge in [-0.25, -0.2) is 4.39 Å². The number of amides is 1. The number of nitrogens with two attached hydrogens (primary N) is 1. The van der Waals surface area contributed by atoms with Crippen molar-refractivity contribution in [3.05, 3.63) is 63.7 Å². The SMILES string of the molecule is Nc1nc2c(sc(=O)n2CCN2CCN(c3ccc(C(=O)NCCN4CCOCC4)cc3F)CC2)c2cc(-c3ccco3)nn12. The molecule has 1 amide bonds. The summed E-state index contributed by atoms with van der Waals surface area (Å²) < 4.78 is 29.9. The molecule has 15 heteroatoms. The number of carbonyl (C=O) groups excluding carboxylic acids is 1. The van der Waals surface area contributed by atoms with E-state index in [9.17, 15) is 9.59 Å². The monoisotopic (exact) mass is 635 g/mol. The van der Waals surface area contributed by atoms with Gasteiger partial charge in [-0.1, -0.05) is 11.3 Å². The minimum absolute atomic E-state index is 0.114. The lowest BCUT2D eigenvalue weighted by molar-refractivity contribution is 0.0383. The fraction of sp³-hybridized carbons (Fsp3) is 0.400. The zero-order valence-corrected chi connectivity index (χ0v) is 25.5. The number of furan rings is 1. The van der Waals surface area contributed by atoms with Crippen LogP contribution in [0.4, 0.5) is 16.0 Å². The van der Waals surface area contributed by atoms with E-state index in [0.29, 0.717) is 97.6 Å². The number of anilines is 2. The number of hydrogen-bond donors (Lipinski definition) is 2. The van der Waals surface area contributed by atoms with Gasteiger partial charge in [0.05, 0.1) is 30.7 Å². The average molecular weight is 636 g/mol. The molecule has 2 aliphatic heterocycles. The molecular weight excluding hydrogens is 601 g/mol. The van der Waals surface area contributed by atoms with Gasteiger partial charge in [0.2, 0.25) is 5.95 Å². The molecule has 13 nitrogen and oxygen atoms in total. The summed E-state index contributed by atoms with van der Waals surface area (Å²) in [4.78, 5) is 36.5. The number of rotatable bonds is 9. The van der Waals surface area contributed by atoms with Crippen molar-refractivity contribution in [3.8, 4) is 11.5 Å². The Balaban J connectivity index is 0.954. The number of morpholine rings is 1. The maximum Gasteiger partial charge on any atom is 0.309 e. The predicted octanol–water partition coefficient (Wildman–Crippen LogP) is 1.97. The molecule has 0 aliphatic carbocycles. The molecule has 0 spiro atoms. The number of nitrogens with zero attached hydrogens (tertiary/aromatic N) is 7.